The second-order valence-electron chi connectivity index (χ2n) is 13.8. The van der Waals surface area contributed by atoms with Crippen molar-refractivity contribution in [2.24, 2.45) is 11.8 Å². The Morgan fingerprint density at radius 3 is 1.86 bits per heavy atom. The average molecular weight is 832 g/mol. The van der Waals surface area contributed by atoms with Crippen LogP contribution in [-0.2, 0) is 22.7 Å². The van der Waals surface area contributed by atoms with Gasteiger partial charge < -0.3 is 30.3 Å². The number of nitrogens with zero attached hydrogens (tertiary/aromatic N) is 3. The van der Waals surface area contributed by atoms with E-state index in [1.165, 1.54) is 24.3 Å². The molecule has 58 heavy (non-hydrogen) atoms. The molecule has 6 aromatic rings. The largest absolute Gasteiger partial charge is 0.445 e. The summed E-state index contributed by atoms with van der Waals surface area (Å²) in [5, 5.41) is 12.6. The lowest BCUT2D eigenvalue weighted by molar-refractivity contribution is 0.137. The standard InChI is InChI=1S/C22H22FN3O2.C13H18N2O2.C9H5ClFN.ClH/c23-19-7-6-18-8-10-24-21(20(18)12-19)26-11-9-17(14-26)13-25-22(27)28-15-16-4-2-1-3-5-16;16-13(15-9-12-6-7-14-8-12)17-10-11-4-2-1-3-5-11;10-9-8-5-7(11)2-1-6(8)3-4-12-9;/h1-8,10,12,17H,9,11,13-15H2,(H,25,27);1-5,12,14H,6-10H2,(H,15,16);1-5H;1H. The van der Waals surface area contributed by atoms with Crippen LogP contribution in [0.2, 0.25) is 5.15 Å². The number of alkyl carbamates (subject to hydrolysis) is 2. The second-order valence-corrected chi connectivity index (χ2v) is 14.2. The van der Waals surface area contributed by atoms with Gasteiger partial charge in [-0.25, -0.2) is 28.3 Å². The van der Waals surface area contributed by atoms with Crippen molar-refractivity contribution in [1.82, 2.24) is 25.9 Å². The molecule has 2 saturated heterocycles. The van der Waals surface area contributed by atoms with Crippen LogP contribution in [0.25, 0.3) is 21.5 Å². The Labute approximate surface area is 347 Å². The Hall–Kier alpha value is -5.56. The molecule has 2 atom stereocenters. The molecule has 3 N–H and O–H groups in total. The van der Waals surface area contributed by atoms with E-state index in [1.807, 2.05) is 66.7 Å². The van der Waals surface area contributed by atoms with E-state index in [4.69, 9.17) is 21.1 Å². The molecule has 2 aliphatic rings. The molecule has 0 aliphatic carbocycles. The SMILES string of the molecule is Cl.Fc1ccc2ccnc(Cl)c2c1.O=C(NCC1CCN(c2nccc3ccc(F)cc23)C1)OCc1ccccc1.O=C(NCC1CCNC1)OCc1ccccc1. The highest BCUT2D eigenvalue weighted by molar-refractivity contribution is 6.34. The molecule has 8 rings (SSSR count). The Morgan fingerprint density at radius 2 is 1.28 bits per heavy atom. The number of aromatic nitrogens is 2. The lowest BCUT2D eigenvalue weighted by atomic mass is 10.1. The maximum atomic E-state index is 13.7. The molecule has 10 nitrogen and oxygen atoms in total. The first-order chi connectivity index (χ1) is 27.8. The van der Waals surface area contributed by atoms with Gasteiger partial charge in [0.05, 0.1) is 0 Å². The molecule has 4 heterocycles. The fraction of sp³-hybridized carbons (Fsp3) is 0.273. The summed E-state index contributed by atoms with van der Waals surface area (Å²) in [6.45, 7) is 5.45. The van der Waals surface area contributed by atoms with E-state index in [2.05, 4.69) is 30.8 Å². The van der Waals surface area contributed by atoms with Crippen molar-refractivity contribution >= 4 is 63.6 Å². The van der Waals surface area contributed by atoms with Crippen molar-refractivity contribution in [3.8, 4) is 0 Å². The van der Waals surface area contributed by atoms with Crippen molar-refractivity contribution in [1.29, 1.82) is 0 Å². The van der Waals surface area contributed by atoms with Gasteiger partial charge in [0.2, 0.25) is 0 Å². The fourth-order valence-electron chi connectivity index (χ4n) is 6.57. The Balaban J connectivity index is 0.000000181. The van der Waals surface area contributed by atoms with E-state index in [9.17, 15) is 18.4 Å². The minimum absolute atomic E-state index is 0. The van der Waals surface area contributed by atoms with Crippen molar-refractivity contribution in [3.63, 3.8) is 0 Å². The van der Waals surface area contributed by atoms with Crippen molar-refractivity contribution in [3.05, 3.63) is 150 Å². The molecule has 0 saturated carbocycles. The molecule has 0 spiro atoms. The molecule has 2 aliphatic heterocycles. The molecule has 304 valence electrons. The van der Waals surface area contributed by atoms with Crippen LogP contribution >= 0.6 is 24.0 Å². The topological polar surface area (TPSA) is 118 Å². The zero-order valence-electron chi connectivity index (χ0n) is 31.8. The van der Waals surface area contributed by atoms with Gasteiger partial charge in [-0.15, -0.1) is 12.4 Å². The van der Waals surface area contributed by atoms with E-state index in [0.717, 1.165) is 72.1 Å². The third-order valence-corrected chi connectivity index (χ3v) is 9.93. The van der Waals surface area contributed by atoms with E-state index >= 15 is 0 Å². The van der Waals surface area contributed by atoms with E-state index < -0.39 is 6.09 Å². The number of hydrogen-bond acceptors (Lipinski definition) is 8. The number of ether oxygens (including phenoxy) is 2. The maximum Gasteiger partial charge on any atom is 0.407 e. The minimum atomic E-state index is -0.410. The number of amides is 2. The zero-order chi connectivity index (χ0) is 39.8. The van der Waals surface area contributed by atoms with Gasteiger partial charge in [-0.3, -0.25) is 0 Å². The summed E-state index contributed by atoms with van der Waals surface area (Å²) in [6.07, 6.45) is 4.67. The summed E-state index contributed by atoms with van der Waals surface area (Å²) < 4.78 is 36.8. The maximum absolute atomic E-state index is 13.7. The van der Waals surface area contributed by atoms with Crippen LogP contribution in [0.5, 0.6) is 0 Å². The fourth-order valence-corrected chi connectivity index (χ4v) is 6.79. The molecule has 2 amide bonds. The lowest BCUT2D eigenvalue weighted by Gasteiger charge is -2.19. The summed E-state index contributed by atoms with van der Waals surface area (Å²) >= 11 is 5.75. The van der Waals surface area contributed by atoms with E-state index in [-0.39, 0.29) is 36.7 Å². The first-order valence-electron chi connectivity index (χ1n) is 18.9. The van der Waals surface area contributed by atoms with Crippen molar-refractivity contribution < 1.29 is 27.8 Å². The van der Waals surface area contributed by atoms with Crippen LogP contribution in [0.3, 0.4) is 0 Å². The van der Waals surface area contributed by atoms with Gasteiger partial charge in [0.25, 0.3) is 0 Å². The summed E-state index contributed by atoms with van der Waals surface area (Å²) in [7, 11) is 0. The van der Waals surface area contributed by atoms with Crippen LogP contribution in [0, 0.1) is 23.5 Å². The van der Waals surface area contributed by atoms with Crippen LogP contribution in [0.15, 0.2) is 122 Å². The third kappa shape index (κ3) is 13.3. The lowest BCUT2D eigenvalue weighted by Crippen LogP contribution is -2.31. The van der Waals surface area contributed by atoms with Gasteiger partial charge in [-0.1, -0.05) is 84.4 Å². The molecule has 0 radical (unpaired) electrons. The summed E-state index contributed by atoms with van der Waals surface area (Å²) in [5.74, 6) is 1.08. The van der Waals surface area contributed by atoms with E-state index in [0.29, 0.717) is 42.1 Å². The van der Waals surface area contributed by atoms with Crippen LogP contribution in [-0.4, -0.2) is 61.4 Å². The summed E-state index contributed by atoms with van der Waals surface area (Å²) in [6, 6.07) is 32.2. The number of fused-ring (bicyclic) bond motifs is 2. The van der Waals surface area contributed by atoms with Gasteiger partial charge in [0, 0.05) is 49.3 Å². The highest BCUT2D eigenvalue weighted by Crippen LogP contribution is 2.29. The number of carbonyl (C=O) groups excluding carboxylic acids is 2. The Kier molecular flexibility index (Phi) is 16.8. The Bertz CT molecular complexity index is 2220. The summed E-state index contributed by atoms with van der Waals surface area (Å²) in [5.41, 5.74) is 1.96. The van der Waals surface area contributed by atoms with Crippen LogP contribution < -0.4 is 20.9 Å². The molecule has 2 aromatic heterocycles. The first kappa shape index (κ1) is 43.6. The number of anilines is 1. The number of hydrogen-bond donors (Lipinski definition) is 3. The quantitative estimate of drug-likeness (QED) is 0.124. The predicted molar refractivity (Wildman–Crippen MR) is 226 cm³/mol. The molecular weight excluding hydrogens is 785 g/mol. The van der Waals surface area contributed by atoms with Gasteiger partial charge in [-0.2, -0.15) is 0 Å². The van der Waals surface area contributed by atoms with E-state index in [1.54, 1.807) is 30.6 Å². The average Bonchev–Trinajstić information content (AvgIpc) is 3.95. The van der Waals surface area contributed by atoms with Crippen LogP contribution in [0.1, 0.15) is 24.0 Å². The molecule has 14 heteroatoms. The van der Waals surface area contributed by atoms with Gasteiger partial charge >= 0.3 is 12.2 Å². The molecule has 0 bridgehead atoms. The zero-order valence-corrected chi connectivity index (χ0v) is 33.4. The van der Waals surface area contributed by atoms with Crippen LogP contribution in [0.4, 0.5) is 24.2 Å². The minimum Gasteiger partial charge on any atom is -0.445 e. The van der Waals surface area contributed by atoms with Gasteiger partial charge in [-0.05, 0) is 96.1 Å². The normalized spacial score (nSPS) is 15.6. The first-order valence-corrected chi connectivity index (χ1v) is 19.3. The van der Waals surface area contributed by atoms with Gasteiger partial charge in [0.15, 0.2) is 0 Å². The number of pyridine rings is 2. The highest BCUT2D eigenvalue weighted by atomic mass is 35.5. The Morgan fingerprint density at radius 1 is 0.724 bits per heavy atom. The number of benzene rings is 4. The number of rotatable bonds is 9. The highest BCUT2D eigenvalue weighted by Gasteiger charge is 2.25. The number of carbonyl (C=O) groups is 2. The molecule has 4 aromatic carbocycles. The molecule has 2 fully saturated rings. The molecular formula is C44H46Cl2F2N6O4. The number of nitrogens with one attached hydrogen (secondary N) is 3. The number of halogens is 4. The summed E-state index contributed by atoms with van der Waals surface area (Å²) in [4.78, 5) is 33.8. The second kappa shape index (κ2) is 22.4. The van der Waals surface area contributed by atoms with Crippen molar-refractivity contribution in [2.45, 2.75) is 26.1 Å². The van der Waals surface area contributed by atoms with Gasteiger partial charge in [0.1, 0.15) is 35.8 Å². The third-order valence-electron chi connectivity index (χ3n) is 9.63. The molecule has 2 unspecified atom stereocenters. The van der Waals surface area contributed by atoms with Crippen molar-refractivity contribution in [2.75, 3.05) is 44.2 Å². The predicted octanol–water partition coefficient (Wildman–Crippen LogP) is 9.10. The monoisotopic (exact) mass is 830 g/mol. The smallest absolute Gasteiger partial charge is 0.407 e.